The molecule has 0 spiro atoms. The largest absolute Gasteiger partial charge is 0.369 e. The number of fused-ring (bicyclic) bond motifs is 1. The molecule has 4 heteroatoms. The van der Waals surface area contributed by atoms with E-state index < -0.39 is 0 Å². The van der Waals surface area contributed by atoms with Crippen LogP contribution in [0.2, 0.25) is 0 Å². The van der Waals surface area contributed by atoms with E-state index in [1.54, 1.807) is 10.6 Å². The lowest BCUT2D eigenvalue weighted by atomic mass is 10.1. The van der Waals surface area contributed by atoms with Crippen LogP contribution in [-0.2, 0) is 7.05 Å². The zero-order valence-electron chi connectivity index (χ0n) is 10.5. The van der Waals surface area contributed by atoms with Crippen LogP contribution in [0.3, 0.4) is 0 Å². The first-order valence-electron chi connectivity index (χ1n) is 6.31. The van der Waals surface area contributed by atoms with Crippen molar-refractivity contribution < 1.29 is 0 Å². The van der Waals surface area contributed by atoms with E-state index in [0.29, 0.717) is 0 Å². The Morgan fingerprint density at radius 3 is 2.67 bits per heavy atom. The molecule has 1 N–H and O–H groups in total. The van der Waals surface area contributed by atoms with Gasteiger partial charge in [0.1, 0.15) is 0 Å². The number of hydrogen-bond acceptors (Lipinski definition) is 3. The lowest BCUT2D eigenvalue weighted by Gasteiger charge is -2.29. The van der Waals surface area contributed by atoms with Gasteiger partial charge in [-0.05, 0) is 24.3 Å². The first-order chi connectivity index (χ1) is 8.75. The Balaban J connectivity index is 2.06. The molecule has 1 aliphatic rings. The van der Waals surface area contributed by atoms with E-state index in [9.17, 15) is 4.79 Å². The van der Waals surface area contributed by atoms with Crippen LogP contribution in [0.1, 0.15) is 0 Å². The molecule has 2 aromatic rings. The summed E-state index contributed by atoms with van der Waals surface area (Å²) in [6.07, 6.45) is 0. The van der Waals surface area contributed by atoms with E-state index in [1.165, 1.54) is 5.69 Å². The second-order valence-electron chi connectivity index (χ2n) is 4.71. The molecule has 1 aromatic carbocycles. The lowest BCUT2D eigenvalue weighted by molar-refractivity contribution is 0.589. The van der Waals surface area contributed by atoms with Gasteiger partial charge in [0.15, 0.2) is 0 Å². The van der Waals surface area contributed by atoms with Crippen molar-refractivity contribution in [3.05, 3.63) is 40.7 Å². The van der Waals surface area contributed by atoms with Gasteiger partial charge in [0, 0.05) is 50.4 Å². The number of pyridine rings is 1. The van der Waals surface area contributed by atoms with Crippen molar-refractivity contribution in [1.82, 2.24) is 9.88 Å². The third-order valence-electron chi connectivity index (χ3n) is 3.59. The van der Waals surface area contributed by atoms with Crippen LogP contribution in [0.15, 0.2) is 35.1 Å². The quantitative estimate of drug-likeness (QED) is 0.810. The molecule has 94 valence electrons. The van der Waals surface area contributed by atoms with Crippen molar-refractivity contribution >= 4 is 16.6 Å². The zero-order chi connectivity index (χ0) is 12.5. The summed E-state index contributed by atoms with van der Waals surface area (Å²) in [5, 5.41) is 4.47. The second kappa shape index (κ2) is 4.46. The molecule has 2 heterocycles. The average molecular weight is 243 g/mol. The van der Waals surface area contributed by atoms with Crippen molar-refractivity contribution in [2.24, 2.45) is 7.05 Å². The van der Waals surface area contributed by atoms with Crippen molar-refractivity contribution in [3.8, 4) is 0 Å². The number of piperazine rings is 1. The number of benzene rings is 1. The SMILES string of the molecule is Cn1c(=O)ccc2cc(N3CCNCC3)ccc21. The summed E-state index contributed by atoms with van der Waals surface area (Å²) in [4.78, 5) is 13.9. The van der Waals surface area contributed by atoms with Crippen molar-refractivity contribution in [2.45, 2.75) is 0 Å². The van der Waals surface area contributed by atoms with Crippen LogP contribution in [-0.4, -0.2) is 30.7 Å². The van der Waals surface area contributed by atoms with E-state index in [0.717, 1.165) is 37.1 Å². The number of aryl methyl sites for hydroxylation is 1. The summed E-state index contributed by atoms with van der Waals surface area (Å²) in [6, 6.07) is 9.84. The minimum Gasteiger partial charge on any atom is -0.369 e. The Labute approximate surface area is 106 Å². The van der Waals surface area contributed by atoms with Crippen molar-refractivity contribution in [2.75, 3.05) is 31.1 Å². The second-order valence-corrected chi connectivity index (χ2v) is 4.71. The number of nitrogens with one attached hydrogen (secondary N) is 1. The van der Waals surface area contributed by atoms with Gasteiger partial charge in [0.25, 0.3) is 5.56 Å². The summed E-state index contributed by atoms with van der Waals surface area (Å²) in [5.41, 5.74) is 2.27. The first kappa shape index (κ1) is 11.3. The molecule has 0 bridgehead atoms. The standard InChI is InChI=1S/C14H17N3O/c1-16-13-4-3-12(17-8-6-15-7-9-17)10-11(13)2-5-14(16)18/h2-5,10,15H,6-9H2,1H3. The molecular weight excluding hydrogens is 226 g/mol. The fourth-order valence-electron chi connectivity index (χ4n) is 2.49. The predicted octanol–water partition coefficient (Wildman–Crippen LogP) is 0.948. The Morgan fingerprint density at radius 2 is 1.89 bits per heavy atom. The normalized spacial score (nSPS) is 16.2. The Bertz CT molecular complexity index is 626. The Hall–Kier alpha value is -1.81. The molecule has 0 amide bonds. The van der Waals surface area contributed by atoms with E-state index in [-0.39, 0.29) is 5.56 Å². The van der Waals surface area contributed by atoms with E-state index >= 15 is 0 Å². The van der Waals surface area contributed by atoms with E-state index in [4.69, 9.17) is 0 Å². The maximum atomic E-state index is 11.6. The molecule has 1 saturated heterocycles. The number of nitrogens with zero attached hydrogens (tertiary/aromatic N) is 2. The van der Waals surface area contributed by atoms with Gasteiger partial charge in [-0.15, -0.1) is 0 Å². The van der Waals surface area contributed by atoms with Gasteiger partial charge in [0.2, 0.25) is 0 Å². The van der Waals surface area contributed by atoms with Gasteiger partial charge in [-0.3, -0.25) is 4.79 Å². The molecule has 1 aromatic heterocycles. The lowest BCUT2D eigenvalue weighted by Crippen LogP contribution is -2.43. The fourth-order valence-corrected chi connectivity index (χ4v) is 2.49. The molecule has 1 fully saturated rings. The van der Waals surface area contributed by atoms with Crippen LogP contribution in [0.5, 0.6) is 0 Å². The Morgan fingerprint density at radius 1 is 1.11 bits per heavy atom. The third-order valence-corrected chi connectivity index (χ3v) is 3.59. The topological polar surface area (TPSA) is 37.3 Å². The van der Waals surface area contributed by atoms with Crippen LogP contribution in [0.4, 0.5) is 5.69 Å². The molecule has 0 aliphatic carbocycles. The van der Waals surface area contributed by atoms with Gasteiger partial charge < -0.3 is 14.8 Å². The van der Waals surface area contributed by atoms with Gasteiger partial charge in [-0.2, -0.15) is 0 Å². The number of hydrogen-bond donors (Lipinski definition) is 1. The van der Waals surface area contributed by atoms with Gasteiger partial charge in [-0.1, -0.05) is 0 Å². The van der Waals surface area contributed by atoms with Crippen LogP contribution >= 0.6 is 0 Å². The van der Waals surface area contributed by atoms with Crippen LogP contribution < -0.4 is 15.8 Å². The number of aromatic nitrogens is 1. The van der Waals surface area contributed by atoms with Crippen LogP contribution in [0, 0.1) is 0 Å². The minimum absolute atomic E-state index is 0.0393. The molecule has 0 atom stereocenters. The van der Waals surface area contributed by atoms with Gasteiger partial charge in [-0.25, -0.2) is 0 Å². The molecule has 0 saturated carbocycles. The zero-order valence-corrected chi connectivity index (χ0v) is 10.5. The van der Waals surface area contributed by atoms with E-state index in [1.807, 2.05) is 19.2 Å². The summed E-state index contributed by atoms with van der Waals surface area (Å²) in [7, 11) is 1.81. The molecule has 18 heavy (non-hydrogen) atoms. The van der Waals surface area contributed by atoms with Crippen LogP contribution in [0.25, 0.3) is 10.9 Å². The number of anilines is 1. The highest BCUT2D eigenvalue weighted by molar-refractivity contribution is 5.83. The molecule has 1 aliphatic heterocycles. The third kappa shape index (κ3) is 1.88. The molecule has 0 radical (unpaired) electrons. The van der Waals surface area contributed by atoms with Gasteiger partial charge in [0.05, 0.1) is 5.52 Å². The minimum atomic E-state index is 0.0393. The molecule has 4 nitrogen and oxygen atoms in total. The monoisotopic (exact) mass is 243 g/mol. The number of rotatable bonds is 1. The Kier molecular flexibility index (Phi) is 2.80. The highest BCUT2D eigenvalue weighted by atomic mass is 16.1. The smallest absolute Gasteiger partial charge is 0.250 e. The van der Waals surface area contributed by atoms with Gasteiger partial charge >= 0.3 is 0 Å². The fraction of sp³-hybridized carbons (Fsp3) is 0.357. The maximum absolute atomic E-state index is 11.6. The molecular formula is C14H17N3O. The highest BCUT2D eigenvalue weighted by Gasteiger charge is 2.11. The molecule has 3 rings (SSSR count). The highest BCUT2D eigenvalue weighted by Crippen LogP contribution is 2.21. The van der Waals surface area contributed by atoms with Crippen molar-refractivity contribution in [3.63, 3.8) is 0 Å². The first-order valence-corrected chi connectivity index (χ1v) is 6.31. The predicted molar refractivity (Wildman–Crippen MR) is 74.3 cm³/mol. The summed E-state index contributed by atoms with van der Waals surface area (Å²) in [5.74, 6) is 0. The summed E-state index contributed by atoms with van der Waals surface area (Å²) < 4.78 is 1.69. The average Bonchev–Trinajstić information content (AvgIpc) is 2.44. The molecule has 0 unspecified atom stereocenters. The van der Waals surface area contributed by atoms with E-state index in [2.05, 4.69) is 22.3 Å². The van der Waals surface area contributed by atoms with Crippen molar-refractivity contribution in [1.29, 1.82) is 0 Å². The maximum Gasteiger partial charge on any atom is 0.250 e. The summed E-state index contributed by atoms with van der Waals surface area (Å²) >= 11 is 0. The summed E-state index contributed by atoms with van der Waals surface area (Å²) in [6.45, 7) is 4.14.